The van der Waals surface area contributed by atoms with E-state index >= 15 is 0 Å². The number of ether oxygens (including phenoxy) is 2. The van der Waals surface area contributed by atoms with Crippen LogP contribution in [0.1, 0.15) is 25.7 Å². The number of Topliss-reactive ketones (excluding diaryl/α,β-unsaturated/α-hetero) is 1. The molecule has 0 aromatic carbocycles. The predicted molar refractivity (Wildman–Crippen MR) is 47.8 cm³/mol. The molecule has 3 heterocycles. The first-order valence-electron chi connectivity index (χ1n) is 5.64. The Morgan fingerprint density at radius 3 is 3.29 bits per heavy atom. The van der Waals surface area contributed by atoms with Crippen LogP contribution in [0.2, 0.25) is 0 Å². The molecule has 0 amide bonds. The van der Waals surface area contributed by atoms with Crippen molar-refractivity contribution in [2.24, 2.45) is 11.8 Å². The van der Waals surface area contributed by atoms with Gasteiger partial charge in [-0.2, -0.15) is 0 Å². The van der Waals surface area contributed by atoms with Crippen molar-refractivity contribution in [2.45, 2.75) is 43.5 Å². The van der Waals surface area contributed by atoms with E-state index in [-0.39, 0.29) is 17.8 Å². The van der Waals surface area contributed by atoms with Crippen LogP contribution in [-0.4, -0.2) is 30.2 Å². The SMILES string of the molecule is O=C1C[C@H]2OC[C@@H]3[C@H]2O[C@]12CCC[C@@H]32. The summed E-state index contributed by atoms with van der Waals surface area (Å²) in [7, 11) is 0. The van der Waals surface area contributed by atoms with E-state index in [1.165, 1.54) is 6.42 Å². The molecular formula is C11H14O3. The lowest BCUT2D eigenvalue weighted by Crippen LogP contribution is -2.48. The summed E-state index contributed by atoms with van der Waals surface area (Å²) < 4.78 is 11.7. The molecule has 4 aliphatic rings. The zero-order valence-electron chi connectivity index (χ0n) is 8.07. The molecule has 14 heavy (non-hydrogen) atoms. The van der Waals surface area contributed by atoms with Crippen molar-refractivity contribution in [1.82, 2.24) is 0 Å². The van der Waals surface area contributed by atoms with E-state index in [2.05, 4.69) is 0 Å². The smallest absolute Gasteiger partial charge is 0.167 e. The molecule has 0 unspecified atom stereocenters. The zero-order valence-corrected chi connectivity index (χ0v) is 8.07. The molecule has 1 saturated carbocycles. The first-order valence-corrected chi connectivity index (χ1v) is 5.64. The van der Waals surface area contributed by atoms with Crippen LogP contribution in [0, 0.1) is 11.8 Å². The maximum Gasteiger partial charge on any atom is 0.167 e. The van der Waals surface area contributed by atoms with E-state index in [0.717, 1.165) is 19.4 Å². The summed E-state index contributed by atoms with van der Waals surface area (Å²) >= 11 is 0. The molecule has 0 radical (unpaired) electrons. The lowest BCUT2D eigenvalue weighted by Gasteiger charge is -2.34. The highest BCUT2D eigenvalue weighted by molar-refractivity contribution is 5.90. The van der Waals surface area contributed by atoms with E-state index < -0.39 is 0 Å². The average molecular weight is 194 g/mol. The third-order valence-electron chi connectivity index (χ3n) is 4.68. The number of carbonyl (C=O) groups is 1. The second kappa shape index (κ2) is 2.22. The molecule has 3 aliphatic heterocycles. The molecule has 4 rings (SSSR count). The highest BCUT2D eigenvalue weighted by Gasteiger charge is 2.67. The monoisotopic (exact) mass is 194 g/mol. The Bertz CT molecular complexity index is 314. The van der Waals surface area contributed by atoms with Crippen molar-refractivity contribution in [2.75, 3.05) is 6.61 Å². The van der Waals surface area contributed by atoms with Gasteiger partial charge in [-0.15, -0.1) is 0 Å². The molecule has 2 bridgehead atoms. The minimum absolute atomic E-state index is 0.0868. The predicted octanol–water partition coefficient (Wildman–Crippen LogP) is 0.912. The number of ketones is 1. The molecule has 1 spiro atoms. The van der Waals surface area contributed by atoms with Gasteiger partial charge < -0.3 is 9.47 Å². The molecule has 0 aromatic heterocycles. The summed E-state index contributed by atoms with van der Waals surface area (Å²) in [5, 5.41) is 0. The van der Waals surface area contributed by atoms with Gasteiger partial charge in [-0.25, -0.2) is 0 Å². The lowest BCUT2D eigenvalue weighted by molar-refractivity contribution is -0.167. The molecule has 0 aromatic rings. The Morgan fingerprint density at radius 1 is 1.43 bits per heavy atom. The Morgan fingerprint density at radius 2 is 2.36 bits per heavy atom. The first kappa shape index (κ1) is 7.83. The molecule has 0 N–H and O–H groups in total. The van der Waals surface area contributed by atoms with Crippen LogP contribution in [0.4, 0.5) is 0 Å². The molecule has 3 heteroatoms. The third kappa shape index (κ3) is 0.654. The minimum Gasteiger partial charge on any atom is -0.375 e. The van der Waals surface area contributed by atoms with Gasteiger partial charge in [0.1, 0.15) is 5.60 Å². The summed E-state index contributed by atoms with van der Waals surface area (Å²) in [6, 6.07) is 0. The number of fused-ring (bicyclic) bond motifs is 1. The highest BCUT2D eigenvalue weighted by Crippen LogP contribution is 2.58. The van der Waals surface area contributed by atoms with Crippen LogP contribution in [0.25, 0.3) is 0 Å². The maximum absolute atomic E-state index is 12.0. The third-order valence-corrected chi connectivity index (χ3v) is 4.68. The summed E-state index contributed by atoms with van der Waals surface area (Å²) in [5.41, 5.74) is -0.352. The van der Waals surface area contributed by atoms with E-state index in [0.29, 0.717) is 24.0 Å². The van der Waals surface area contributed by atoms with Gasteiger partial charge in [0.05, 0.1) is 18.8 Å². The van der Waals surface area contributed by atoms with Crippen molar-refractivity contribution in [3.05, 3.63) is 0 Å². The maximum atomic E-state index is 12.0. The Kier molecular flexibility index (Phi) is 1.24. The number of carbonyl (C=O) groups excluding carboxylic acids is 1. The van der Waals surface area contributed by atoms with E-state index in [1.807, 2.05) is 0 Å². The molecule has 1 aliphatic carbocycles. The van der Waals surface area contributed by atoms with Gasteiger partial charge in [-0.3, -0.25) is 4.79 Å². The van der Waals surface area contributed by atoms with Gasteiger partial charge in [0.15, 0.2) is 5.78 Å². The second-order valence-corrected chi connectivity index (χ2v) is 5.13. The fraction of sp³-hybridized carbons (Fsp3) is 0.909. The van der Waals surface area contributed by atoms with Gasteiger partial charge in [-0.1, -0.05) is 0 Å². The average Bonchev–Trinajstić information content (AvgIpc) is 2.74. The van der Waals surface area contributed by atoms with Gasteiger partial charge in [-0.05, 0) is 19.3 Å². The Hall–Kier alpha value is -0.410. The zero-order chi connectivity index (χ0) is 9.34. The number of hydrogen-bond donors (Lipinski definition) is 0. The summed E-state index contributed by atoms with van der Waals surface area (Å²) in [6.45, 7) is 0.828. The topological polar surface area (TPSA) is 35.5 Å². The fourth-order valence-corrected chi connectivity index (χ4v) is 4.10. The van der Waals surface area contributed by atoms with Gasteiger partial charge in [0.25, 0.3) is 0 Å². The summed E-state index contributed by atoms with van der Waals surface area (Å²) in [5.74, 6) is 1.32. The standard InChI is InChI=1S/C11H14O3/c12-9-4-8-10-6(5-13-8)7-2-1-3-11(7,9)14-10/h6-8,10H,1-5H2/t6-,7-,8+,10+,11-/m0/s1. The Balaban J connectivity index is 1.86. The molecule has 3 saturated heterocycles. The van der Waals surface area contributed by atoms with Crippen molar-refractivity contribution < 1.29 is 14.3 Å². The Labute approximate surface area is 82.8 Å². The molecular weight excluding hydrogens is 180 g/mol. The van der Waals surface area contributed by atoms with Crippen LogP contribution in [0.3, 0.4) is 0 Å². The van der Waals surface area contributed by atoms with Crippen LogP contribution >= 0.6 is 0 Å². The second-order valence-electron chi connectivity index (χ2n) is 5.13. The number of rotatable bonds is 0. The van der Waals surface area contributed by atoms with Crippen LogP contribution in [-0.2, 0) is 14.3 Å². The first-order chi connectivity index (χ1) is 6.81. The molecule has 3 nitrogen and oxygen atoms in total. The molecule has 5 atom stereocenters. The quantitative estimate of drug-likeness (QED) is 0.575. The van der Waals surface area contributed by atoms with Crippen LogP contribution < -0.4 is 0 Å². The minimum atomic E-state index is -0.352. The van der Waals surface area contributed by atoms with Crippen molar-refractivity contribution in [3.8, 4) is 0 Å². The van der Waals surface area contributed by atoms with Crippen LogP contribution in [0.5, 0.6) is 0 Å². The van der Waals surface area contributed by atoms with Crippen molar-refractivity contribution >= 4 is 5.78 Å². The normalized spacial score (nSPS) is 59.3. The van der Waals surface area contributed by atoms with Crippen LogP contribution in [0.15, 0.2) is 0 Å². The van der Waals surface area contributed by atoms with Gasteiger partial charge in [0.2, 0.25) is 0 Å². The van der Waals surface area contributed by atoms with Gasteiger partial charge in [0, 0.05) is 18.3 Å². The van der Waals surface area contributed by atoms with E-state index in [4.69, 9.17) is 9.47 Å². The van der Waals surface area contributed by atoms with Gasteiger partial charge >= 0.3 is 0 Å². The van der Waals surface area contributed by atoms with Crippen molar-refractivity contribution in [3.63, 3.8) is 0 Å². The largest absolute Gasteiger partial charge is 0.375 e. The van der Waals surface area contributed by atoms with E-state index in [9.17, 15) is 4.79 Å². The number of hydrogen-bond acceptors (Lipinski definition) is 3. The highest BCUT2D eigenvalue weighted by atomic mass is 16.6. The molecule has 76 valence electrons. The summed E-state index contributed by atoms with van der Waals surface area (Å²) in [4.78, 5) is 12.0. The van der Waals surface area contributed by atoms with Crippen molar-refractivity contribution in [1.29, 1.82) is 0 Å². The fourth-order valence-electron chi connectivity index (χ4n) is 4.10. The van der Waals surface area contributed by atoms with E-state index in [1.54, 1.807) is 0 Å². The lowest BCUT2D eigenvalue weighted by atomic mass is 9.82. The summed E-state index contributed by atoms with van der Waals surface area (Å²) in [6.07, 6.45) is 4.24. The molecule has 4 fully saturated rings.